The van der Waals surface area contributed by atoms with Gasteiger partial charge >= 0.3 is 0 Å². The SMILES string of the molecule is COc1cc(NCc2ccc(O)c(Cl)c2)cc(OC)c1. The molecule has 2 aromatic rings. The lowest BCUT2D eigenvalue weighted by Gasteiger charge is -2.11. The van der Waals surface area contributed by atoms with Crippen LogP contribution < -0.4 is 14.8 Å². The highest BCUT2D eigenvalue weighted by Crippen LogP contribution is 2.27. The molecule has 2 aromatic carbocycles. The van der Waals surface area contributed by atoms with Crippen LogP contribution in [-0.4, -0.2) is 19.3 Å². The summed E-state index contributed by atoms with van der Waals surface area (Å²) in [5, 5.41) is 13.0. The fourth-order valence-electron chi connectivity index (χ4n) is 1.77. The molecule has 2 rings (SSSR count). The minimum absolute atomic E-state index is 0.0819. The van der Waals surface area contributed by atoms with Crippen LogP contribution in [0.1, 0.15) is 5.56 Å². The van der Waals surface area contributed by atoms with Crippen molar-refractivity contribution in [2.24, 2.45) is 0 Å². The maximum absolute atomic E-state index is 9.38. The predicted molar refractivity (Wildman–Crippen MR) is 80.0 cm³/mol. The van der Waals surface area contributed by atoms with Crippen LogP contribution in [0.2, 0.25) is 5.02 Å². The first-order valence-corrected chi connectivity index (χ1v) is 6.44. The number of anilines is 1. The first-order chi connectivity index (χ1) is 9.62. The number of phenols is 1. The molecule has 0 heterocycles. The number of hydrogen-bond acceptors (Lipinski definition) is 4. The van der Waals surface area contributed by atoms with E-state index in [1.807, 2.05) is 24.3 Å². The van der Waals surface area contributed by atoms with Gasteiger partial charge in [0.2, 0.25) is 0 Å². The largest absolute Gasteiger partial charge is 0.506 e. The Balaban J connectivity index is 2.11. The summed E-state index contributed by atoms with van der Waals surface area (Å²) in [6.07, 6.45) is 0. The number of rotatable bonds is 5. The Morgan fingerprint density at radius 1 is 1.05 bits per heavy atom. The van der Waals surface area contributed by atoms with E-state index in [0.717, 1.165) is 22.7 Å². The standard InChI is InChI=1S/C15H16ClNO3/c1-19-12-6-11(7-13(8-12)20-2)17-9-10-3-4-15(18)14(16)5-10/h3-8,17-18H,9H2,1-2H3. The first-order valence-electron chi connectivity index (χ1n) is 6.06. The topological polar surface area (TPSA) is 50.7 Å². The van der Waals surface area contributed by atoms with Crippen LogP contribution in [-0.2, 0) is 6.54 Å². The molecule has 0 aliphatic carbocycles. The molecule has 2 N–H and O–H groups in total. The third-order valence-electron chi connectivity index (χ3n) is 2.86. The first kappa shape index (κ1) is 14.3. The van der Waals surface area contributed by atoms with Gasteiger partial charge in [0.25, 0.3) is 0 Å². The Labute approximate surface area is 122 Å². The summed E-state index contributed by atoms with van der Waals surface area (Å²) >= 11 is 5.87. The molecule has 0 unspecified atom stereocenters. The summed E-state index contributed by atoms with van der Waals surface area (Å²) in [7, 11) is 3.22. The number of methoxy groups -OCH3 is 2. The molecule has 0 atom stereocenters. The zero-order valence-electron chi connectivity index (χ0n) is 11.3. The molecule has 0 saturated heterocycles. The van der Waals surface area contributed by atoms with Crippen molar-refractivity contribution in [3.63, 3.8) is 0 Å². The van der Waals surface area contributed by atoms with Gasteiger partial charge in [-0.25, -0.2) is 0 Å². The number of aromatic hydroxyl groups is 1. The van der Waals surface area contributed by atoms with Crippen LogP contribution in [0, 0.1) is 0 Å². The van der Waals surface area contributed by atoms with Gasteiger partial charge in [0.1, 0.15) is 17.2 Å². The lowest BCUT2D eigenvalue weighted by Crippen LogP contribution is -2.00. The quantitative estimate of drug-likeness (QED) is 0.883. The van der Waals surface area contributed by atoms with Crippen molar-refractivity contribution in [2.45, 2.75) is 6.54 Å². The summed E-state index contributed by atoms with van der Waals surface area (Å²) in [5.41, 5.74) is 1.85. The third-order valence-corrected chi connectivity index (χ3v) is 3.16. The molecule has 4 nitrogen and oxygen atoms in total. The second-order valence-corrected chi connectivity index (χ2v) is 4.65. The number of halogens is 1. The van der Waals surface area contributed by atoms with E-state index in [2.05, 4.69) is 5.32 Å². The second kappa shape index (κ2) is 6.39. The van der Waals surface area contributed by atoms with Gasteiger partial charge in [0.05, 0.1) is 19.2 Å². The summed E-state index contributed by atoms with van der Waals surface area (Å²) in [4.78, 5) is 0. The van der Waals surface area contributed by atoms with E-state index in [-0.39, 0.29) is 5.75 Å². The van der Waals surface area contributed by atoms with Gasteiger partial charge in [-0.2, -0.15) is 0 Å². The fraction of sp³-hybridized carbons (Fsp3) is 0.200. The van der Waals surface area contributed by atoms with Crippen molar-refractivity contribution in [3.8, 4) is 17.2 Å². The van der Waals surface area contributed by atoms with Crippen molar-refractivity contribution >= 4 is 17.3 Å². The van der Waals surface area contributed by atoms with Gasteiger partial charge in [-0.15, -0.1) is 0 Å². The van der Waals surface area contributed by atoms with Gasteiger partial charge in [-0.05, 0) is 17.7 Å². The Morgan fingerprint density at radius 2 is 1.70 bits per heavy atom. The maximum Gasteiger partial charge on any atom is 0.134 e. The van der Waals surface area contributed by atoms with Crippen LogP contribution in [0.25, 0.3) is 0 Å². The number of hydrogen-bond donors (Lipinski definition) is 2. The number of nitrogens with one attached hydrogen (secondary N) is 1. The van der Waals surface area contributed by atoms with E-state index in [9.17, 15) is 5.11 Å². The lowest BCUT2D eigenvalue weighted by molar-refractivity contribution is 0.394. The molecular weight excluding hydrogens is 278 g/mol. The van der Waals surface area contributed by atoms with E-state index in [4.69, 9.17) is 21.1 Å². The monoisotopic (exact) mass is 293 g/mol. The number of phenolic OH excluding ortho intramolecular Hbond substituents is 1. The molecule has 5 heteroatoms. The van der Waals surface area contributed by atoms with Crippen molar-refractivity contribution in [2.75, 3.05) is 19.5 Å². The van der Waals surface area contributed by atoms with Crippen LogP contribution in [0.5, 0.6) is 17.2 Å². The smallest absolute Gasteiger partial charge is 0.134 e. The summed E-state index contributed by atoms with van der Waals surface area (Å²) in [5.74, 6) is 1.52. The average molecular weight is 294 g/mol. The minimum atomic E-state index is 0.0819. The van der Waals surface area contributed by atoms with E-state index < -0.39 is 0 Å². The minimum Gasteiger partial charge on any atom is -0.506 e. The Kier molecular flexibility index (Phi) is 4.58. The highest BCUT2D eigenvalue weighted by molar-refractivity contribution is 6.32. The van der Waals surface area contributed by atoms with Gasteiger partial charge < -0.3 is 19.9 Å². The molecule has 0 amide bonds. The van der Waals surface area contributed by atoms with E-state index in [0.29, 0.717) is 11.6 Å². The van der Waals surface area contributed by atoms with Gasteiger partial charge in [-0.1, -0.05) is 17.7 Å². The summed E-state index contributed by atoms with van der Waals surface area (Å²) < 4.78 is 10.4. The van der Waals surface area contributed by atoms with Crippen LogP contribution in [0.15, 0.2) is 36.4 Å². The highest BCUT2D eigenvalue weighted by atomic mass is 35.5. The number of ether oxygens (including phenoxy) is 2. The fourth-order valence-corrected chi connectivity index (χ4v) is 1.98. The molecule has 0 spiro atoms. The van der Waals surface area contributed by atoms with Crippen molar-refractivity contribution in [3.05, 3.63) is 47.0 Å². The lowest BCUT2D eigenvalue weighted by atomic mass is 10.2. The van der Waals surface area contributed by atoms with Crippen LogP contribution in [0.3, 0.4) is 0 Å². The Morgan fingerprint density at radius 3 is 2.25 bits per heavy atom. The Hall–Kier alpha value is -2.07. The molecule has 0 radical (unpaired) electrons. The van der Waals surface area contributed by atoms with E-state index in [1.54, 1.807) is 26.4 Å². The van der Waals surface area contributed by atoms with Crippen LogP contribution >= 0.6 is 11.6 Å². The molecule has 0 saturated carbocycles. The van der Waals surface area contributed by atoms with Gasteiger partial charge in [0, 0.05) is 30.4 Å². The van der Waals surface area contributed by atoms with E-state index >= 15 is 0 Å². The molecule has 0 bridgehead atoms. The molecule has 0 aliphatic heterocycles. The van der Waals surface area contributed by atoms with Crippen molar-refractivity contribution in [1.82, 2.24) is 0 Å². The van der Waals surface area contributed by atoms with Gasteiger partial charge in [0.15, 0.2) is 0 Å². The third kappa shape index (κ3) is 3.48. The average Bonchev–Trinajstić information content (AvgIpc) is 2.48. The van der Waals surface area contributed by atoms with Crippen molar-refractivity contribution in [1.29, 1.82) is 0 Å². The highest BCUT2D eigenvalue weighted by Gasteiger charge is 2.03. The molecule has 20 heavy (non-hydrogen) atoms. The summed E-state index contributed by atoms with van der Waals surface area (Å²) in [6, 6.07) is 10.7. The molecule has 0 fully saturated rings. The number of benzene rings is 2. The molecule has 0 aliphatic rings. The summed E-state index contributed by atoms with van der Waals surface area (Å²) in [6.45, 7) is 0.580. The molecule has 106 valence electrons. The van der Waals surface area contributed by atoms with Crippen molar-refractivity contribution < 1.29 is 14.6 Å². The zero-order valence-corrected chi connectivity index (χ0v) is 12.1. The zero-order chi connectivity index (χ0) is 14.5. The predicted octanol–water partition coefficient (Wildman–Crippen LogP) is 3.67. The molecule has 0 aromatic heterocycles. The second-order valence-electron chi connectivity index (χ2n) is 4.24. The van der Waals surface area contributed by atoms with Crippen LogP contribution in [0.4, 0.5) is 5.69 Å². The maximum atomic E-state index is 9.38. The van der Waals surface area contributed by atoms with Gasteiger partial charge in [-0.3, -0.25) is 0 Å². The normalized spacial score (nSPS) is 10.2. The Bertz CT molecular complexity index is 579. The van der Waals surface area contributed by atoms with E-state index in [1.165, 1.54) is 0 Å². The molecular formula is C15H16ClNO3.